The molecule has 2 rings (SSSR count). The highest BCUT2D eigenvalue weighted by Gasteiger charge is 2.08. The fourth-order valence-corrected chi connectivity index (χ4v) is 2.49. The first-order chi connectivity index (χ1) is 12.0. The lowest BCUT2D eigenvalue weighted by atomic mass is 10.1. The molecule has 1 unspecified atom stereocenters. The highest BCUT2D eigenvalue weighted by molar-refractivity contribution is 5.87. The minimum atomic E-state index is -0.566. The van der Waals surface area contributed by atoms with E-state index in [1.54, 1.807) is 7.11 Å². The van der Waals surface area contributed by atoms with Crippen LogP contribution in [-0.4, -0.2) is 19.7 Å². The predicted molar refractivity (Wildman–Crippen MR) is 99.1 cm³/mol. The second kappa shape index (κ2) is 8.94. The number of hydrogen-bond acceptors (Lipinski definition) is 4. The Morgan fingerprint density at radius 3 is 2.48 bits per heavy atom. The normalized spacial score (nSPS) is 11.6. The van der Waals surface area contributed by atoms with Gasteiger partial charge in [0, 0.05) is 18.3 Å². The van der Waals surface area contributed by atoms with Gasteiger partial charge in [0.15, 0.2) is 11.5 Å². The summed E-state index contributed by atoms with van der Waals surface area (Å²) in [4.78, 5) is 10.8. The van der Waals surface area contributed by atoms with Crippen molar-refractivity contribution in [2.75, 3.05) is 19.0 Å². The fourth-order valence-electron chi connectivity index (χ4n) is 2.49. The topological polar surface area (TPSA) is 85.6 Å². The van der Waals surface area contributed by atoms with Gasteiger partial charge in [-0.15, -0.1) is 0 Å². The number of ether oxygens (including phenoxy) is 2. The van der Waals surface area contributed by atoms with Crippen molar-refractivity contribution >= 4 is 11.7 Å². The Bertz CT molecular complexity index is 702. The Morgan fingerprint density at radius 1 is 1.16 bits per heavy atom. The first-order valence-corrected chi connectivity index (χ1v) is 8.23. The molecule has 2 amide bonds. The molecule has 0 radical (unpaired) electrons. The van der Waals surface area contributed by atoms with Gasteiger partial charge in [-0.3, -0.25) is 0 Å². The molecule has 2 aromatic rings. The molecule has 2 aromatic carbocycles. The first-order valence-electron chi connectivity index (χ1n) is 8.23. The van der Waals surface area contributed by atoms with Crippen LogP contribution < -0.4 is 25.8 Å². The van der Waals surface area contributed by atoms with Crippen molar-refractivity contribution in [1.29, 1.82) is 0 Å². The Balaban J connectivity index is 1.98. The fraction of sp³-hybridized carbons (Fsp3) is 0.316. The SMILES string of the molecule is CCOc1cc(CNC(C)c2ccc(NC(N)=O)cc2)ccc1OC. The minimum absolute atomic E-state index is 0.153. The molecule has 1 atom stereocenters. The summed E-state index contributed by atoms with van der Waals surface area (Å²) in [6, 6.07) is 13.1. The molecular formula is C19H25N3O3. The van der Waals surface area contributed by atoms with Gasteiger partial charge in [0.25, 0.3) is 0 Å². The molecule has 0 saturated heterocycles. The van der Waals surface area contributed by atoms with E-state index in [2.05, 4.69) is 17.6 Å². The Morgan fingerprint density at radius 2 is 1.88 bits per heavy atom. The van der Waals surface area contributed by atoms with Gasteiger partial charge in [-0.2, -0.15) is 0 Å². The smallest absolute Gasteiger partial charge is 0.316 e. The van der Waals surface area contributed by atoms with Crippen LogP contribution in [0.25, 0.3) is 0 Å². The summed E-state index contributed by atoms with van der Waals surface area (Å²) in [5.41, 5.74) is 8.02. The zero-order valence-electron chi connectivity index (χ0n) is 14.8. The van der Waals surface area contributed by atoms with Gasteiger partial charge >= 0.3 is 6.03 Å². The maximum absolute atomic E-state index is 10.8. The number of hydrogen-bond donors (Lipinski definition) is 3. The van der Waals surface area contributed by atoms with Crippen LogP contribution in [0.2, 0.25) is 0 Å². The Hall–Kier alpha value is -2.73. The summed E-state index contributed by atoms with van der Waals surface area (Å²) in [7, 11) is 1.63. The van der Waals surface area contributed by atoms with E-state index >= 15 is 0 Å². The number of carbonyl (C=O) groups is 1. The van der Waals surface area contributed by atoms with Gasteiger partial charge in [-0.25, -0.2) is 4.79 Å². The lowest BCUT2D eigenvalue weighted by Crippen LogP contribution is -2.20. The number of benzene rings is 2. The molecule has 4 N–H and O–H groups in total. The van der Waals surface area contributed by atoms with Crippen LogP contribution in [0.4, 0.5) is 10.5 Å². The zero-order valence-corrected chi connectivity index (χ0v) is 14.8. The zero-order chi connectivity index (χ0) is 18.2. The molecule has 0 saturated carbocycles. The van der Waals surface area contributed by atoms with E-state index in [1.165, 1.54) is 0 Å². The molecule has 0 aliphatic rings. The van der Waals surface area contributed by atoms with E-state index in [4.69, 9.17) is 15.2 Å². The van der Waals surface area contributed by atoms with Crippen molar-refractivity contribution in [3.8, 4) is 11.5 Å². The van der Waals surface area contributed by atoms with Crippen molar-refractivity contribution in [3.63, 3.8) is 0 Å². The number of nitrogens with one attached hydrogen (secondary N) is 2. The molecule has 0 fully saturated rings. The number of urea groups is 1. The standard InChI is InChI=1S/C19H25N3O3/c1-4-25-18-11-14(5-10-17(18)24-3)12-21-13(2)15-6-8-16(9-7-15)22-19(20)23/h5-11,13,21H,4,12H2,1-3H3,(H3,20,22,23). The molecule has 25 heavy (non-hydrogen) atoms. The summed E-state index contributed by atoms with van der Waals surface area (Å²) < 4.78 is 10.9. The maximum atomic E-state index is 10.8. The van der Waals surface area contributed by atoms with Crippen LogP contribution in [0.3, 0.4) is 0 Å². The van der Waals surface area contributed by atoms with Crippen LogP contribution >= 0.6 is 0 Å². The van der Waals surface area contributed by atoms with E-state index in [1.807, 2.05) is 49.4 Å². The summed E-state index contributed by atoms with van der Waals surface area (Å²) in [5, 5.41) is 6.02. The molecule has 0 spiro atoms. The van der Waals surface area contributed by atoms with E-state index in [0.717, 1.165) is 22.6 Å². The highest BCUT2D eigenvalue weighted by Crippen LogP contribution is 2.28. The number of methoxy groups -OCH3 is 1. The summed E-state index contributed by atoms with van der Waals surface area (Å²) in [5.74, 6) is 1.48. The van der Waals surface area contributed by atoms with Gasteiger partial charge in [0.1, 0.15) is 0 Å². The molecular weight excluding hydrogens is 318 g/mol. The maximum Gasteiger partial charge on any atom is 0.316 e. The van der Waals surface area contributed by atoms with Crippen molar-refractivity contribution in [2.24, 2.45) is 5.73 Å². The lowest BCUT2D eigenvalue weighted by molar-refractivity contribution is 0.259. The number of primary amides is 1. The van der Waals surface area contributed by atoms with Crippen LogP contribution in [0.15, 0.2) is 42.5 Å². The van der Waals surface area contributed by atoms with Gasteiger partial charge in [-0.1, -0.05) is 18.2 Å². The number of amides is 2. The minimum Gasteiger partial charge on any atom is -0.493 e. The molecule has 0 aromatic heterocycles. The van der Waals surface area contributed by atoms with Crippen LogP contribution in [-0.2, 0) is 6.54 Å². The number of rotatable bonds is 8. The summed E-state index contributed by atoms with van der Waals surface area (Å²) in [6.45, 7) is 5.33. The lowest BCUT2D eigenvalue weighted by Gasteiger charge is -2.16. The monoisotopic (exact) mass is 343 g/mol. The Labute approximate surface area is 148 Å². The average Bonchev–Trinajstić information content (AvgIpc) is 2.60. The van der Waals surface area contributed by atoms with Crippen molar-refractivity contribution in [1.82, 2.24) is 5.32 Å². The van der Waals surface area contributed by atoms with Gasteiger partial charge in [0.2, 0.25) is 0 Å². The van der Waals surface area contributed by atoms with Gasteiger partial charge in [-0.05, 0) is 49.2 Å². The molecule has 0 aliphatic heterocycles. The molecule has 134 valence electrons. The third-order valence-electron chi connectivity index (χ3n) is 3.82. The van der Waals surface area contributed by atoms with Crippen molar-refractivity contribution in [2.45, 2.75) is 26.4 Å². The van der Waals surface area contributed by atoms with Crippen LogP contribution in [0, 0.1) is 0 Å². The van der Waals surface area contributed by atoms with E-state index in [-0.39, 0.29) is 6.04 Å². The summed E-state index contributed by atoms with van der Waals surface area (Å²) >= 11 is 0. The van der Waals surface area contributed by atoms with E-state index in [9.17, 15) is 4.79 Å². The molecule has 0 heterocycles. The Kier molecular flexibility index (Phi) is 6.65. The number of carbonyl (C=O) groups excluding carboxylic acids is 1. The molecule has 0 bridgehead atoms. The van der Waals surface area contributed by atoms with Crippen molar-refractivity contribution in [3.05, 3.63) is 53.6 Å². The van der Waals surface area contributed by atoms with Gasteiger partial charge < -0.3 is 25.8 Å². The second-order valence-corrected chi connectivity index (χ2v) is 5.63. The second-order valence-electron chi connectivity index (χ2n) is 5.63. The highest BCUT2D eigenvalue weighted by atomic mass is 16.5. The predicted octanol–water partition coefficient (Wildman–Crippen LogP) is 3.44. The number of anilines is 1. The third-order valence-corrected chi connectivity index (χ3v) is 3.82. The van der Waals surface area contributed by atoms with Crippen LogP contribution in [0.1, 0.15) is 31.0 Å². The molecule has 0 aliphatic carbocycles. The molecule has 6 heteroatoms. The van der Waals surface area contributed by atoms with Gasteiger partial charge in [0.05, 0.1) is 13.7 Å². The molecule has 6 nitrogen and oxygen atoms in total. The van der Waals surface area contributed by atoms with Crippen LogP contribution in [0.5, 0.6) is 11.5 Å². The van der Waals surface area contributed by atoms with E-state index < -0.39 is 6.03 Å². The number of nitrogens with two attached hydrogens (primary N) is 1. The first kappa shape index (κ1) is 18.6. The van der Waals surface area contributed by atoms with E-state index in [0.29, 0.717) is 18.8 Å². The van der Waals surface area contributed by atoms with Crippen molar-refractivity contribution < 1.29 is 14.3 Å². The largest absolute Gasteiger partial charge is 0.493 e. The summed E-state index contributed by atoms with van der Waals surface area (Å²) in [6.07, 6.45) is 0. The third kappa shape index (κ3) is 5.39. The average molecular weight is 343 g/mol. The quantitative estimate of drug-likeness (QED) is 0.685.